The summed E-state index contributed by atoms with van der Waals surface area (Å²) in [4.78, 5) is 27.6. The smallest absolute Gasteiger partial charge is 0.409 e. The average molecular weight is 466 g/mol. The Balaban J connectivity index is 1.48. The molecule has 2 aromatic carbocycles. The number of anilines is 2. The summed E-state index contributed by atoms with van der Waals surface area (Å²) in [5.41, 5.74) is 3.30. The van der Waals surface area contributed by atoms with Crippen molar-refractivity contribution in [1.82, 2.24) is 4.90 Å². The molecule has 2 heterocycles. The summed E-state index contributed by atoms with van der Waals surface area (Å²) in [6, 6.07) is 17.2. The molecule has 1 aromatic heterocycles. The topological polar surface area (TPSA) is 90.9 Å². The molecular formula is C25H27N3O4S. The van der Waals surface area contributed by atoms with Gasteiger partial charge >= 0.3 is 6.09 Å². The highest BCUT2D eigenvalue weighted by Crippen LogP contribution is 2.32. The molecule has 1 fully saturated rings. The predicted octanol–water partition coefficient (Wildman–Crippen LogP) is 5.37. The summed E-state index contributed by atoms with van der Waals surface area (Å²) >= 11 is 1.58. The maximum absolute atomic E-state index is 12.9. The fourth-order valence-electron chi connectivity index (χ4n) is 4.14. The van der Waals surface area contributed by atoms with Gasteiger partial charge in [0.25, 0.3) is 5.91 Å². The number of carboxylic acid groups (broad SMARTS) is 1. The average Bonchev–Trinajstić information content (AvgIpc) is 3.48. The van der Waals surface area contributed by atoms with E-state index >= 15 is 0 Å². The monoisotopic (exact) mass is 465 g/mol. The minimum atomic E-state index is -1.19. The Bertz CT molecular complexity index is 1100. The number of ether oxygens (including phenoxy) is 1. The van der Waals surface area contributed by atoms with Crippen LogP contribution in [0, 0.1) is 0 Å². The van der Waals surface area contributed by atoms with Gasteiger partial charge in [-0.05, 0) is 66.2 Å². The second kappa shape index (κ2) is 10.6. The Morgan fingerprint density at radius 1 is 1.12 bits per heavy atom. The van der Waals surface area contributed by atoms with Gasteiger partial charge in [-0.2, -0.15) is 0 Å². The first-order valence-electron chi connectivity index (χ1n) is 10.8. The number of methoxy groups -OCH3 is 1. The van der Waals surface area contributed by atoms with E-state index in [9.17, 15) is 9.59 Å². The van der Waals surface area contributed by atoms with Gasteiger partial charge in [-0.1, -0.05) is 24.3 Å². The molecule has 0 bridgehead atoms. The van der Waals surface area contributed by atoms with E-state index in [1.165, 1.54) is 6.42 Å². The molecule has 2 amide bonds. The van der Waals surface area contributed by atoms with Crippen molar-refractivity contribution >= 4 is 34.7 Å². The molecule has 0 saturated carbocycles. The van der Waals surface area contributed by atoms with E-state index in [1.807, 2.05) is 35.7 Å². The first-order chi connectivity index (χ1) is 16.0. The van der Waals surface area contributed by atoms with E-state index in [-0.39, 0.29) is 5.91 Å². The maximum Gasteiger partial charge on any atom is 0.409 e. The van der Waals surface area contributed by atoms with Crippen LogP contribution in [0.15, 0.2) is 60.0 Å². The zero-order chi connectivity index (χ0) is 23.2. The molecule has 0 spiro atoms. The van der Waals surface area contributed by atoms with E-state index in [1.54, 1.807) is 42.7 Å². The zero-order valence-corrected chi connectivity index (χ0v) is 19.2. The van der Waals surface area contributed by atoms with Gasteiger partial charge in [-0.15, -0.1) is 11.3 Å². The van der Waals surface area contributed by atoms with E-state index in [0.717, 1.165) is 42.1 Å². The second-order valence-electron chi connectivity index (χ2n) is 8.04. The predicted molar refractivity (Wildman–Crippen MR) is 131 cm³/mol. The molecule has 33 heavy (non-hydrogen) atoms. The molecule has 8 heteroatoms. The number of nitrogens with zero attached hydrogens (tertiary/aromatic N) is 1. The van der Waals surface area contributed by atoms with E-state index in [2.05, 4.69) is 15.5 Å². The number of hydrogen-bond acceptors (Lipinski definition) is 5. The van der Waals surface area contributed by atoms with Crippen LogP contribution in [-0.2, 0) is 11.3 Å². The number of rotatable bonds is 8. The summed E-state index contributed by atoms with van der Waals surface area (Å²) in [7, 11) is 1.73. The van der Waals surface area contributed by atoms with Gasteiger partial charge in [0.2, 0.25) is 0 Å². The van der Waals surface area contributed by atoms with E-state index in [0.29, 0.717) is 23.0 Å². The fourth-order valence-corrected chi connectivity index (χ4v) is 4.87. The first-order valence-corrected chi connectivity index (χ1v) is 11.7. The quantitative estimate of drug-likeness (QED) is 0.416. The molecule has 1 aliphatic rings. The van der Waals surface area contributed by atoms with Gasteiger partial charge < -0.3 is 15.2 Å². The van der Waals surface area contributed by atoms with Gasteiger partial charge in [0, 0.05) is 30.1 Å². The summed E-state index contributed by atoms with van der Waals surface area (Å²) < 4.78 is 5.33. The molecule has 0 aliphatic carbocycles. The standard InChI is InChI=1S/C25H27N3O4S/c1-32-16-20-4-2-12-28(20)15-17-6-8-18(9-7-17)24(29)26-22-14-19(23-5-3-13-33-23)10-11-21(22)27-25(30)31/h3,5-11,13-14,20,27H,2,4,12,15-16H2,1H3,(H,26,29)(H,30,31). The fraction of sp³-hybridized carbons (Fsp3) is 0.280. The van der Waals surface area contributed by atoms with Crippen LogP contribution in [-0.4, -0.2) is 48.3 Å². The highest BCUT2D eigenvalue weighted by molar-refractivity contribution is 7.13. The molecule has 1 saturated heterocycles. The Morgan fingerprint density at radius 2 is 1.94 bits per heavy atom. The molecule has 0 radical (unpaired) electrons. The van der Waals surface area contributed by atoms with E-state index in [4.69, 9.17) is 9.84 Å². The lowest BCUT2D eigenvalue weighted by molar-refractivity contribution is 0.102. The lowest BCUT2D eigenvalue weighted by Crippen LogP contribution is -2.32. The molecule has 3 aromatic rings. The summed E-state index contributed by atoms with van der Waals surface area (Å²) in [5, 5.41) is 16.4. The first kappa shape index (κ1) is 23.0. The molecule has 3 N–H and O–H groups in total. The molecule has 1 atom stereocenters. The van der Waals surface area contributed by atoms with Crippen LogP contribution in [0.2, 0.25) is 0 Å². The minimum absolute atomic E-state index is 0.295. The number of likely N-dealkylation sites (tertiary alicyclic amines) is 1. The van der Waals surface area contributed by atoms with Crippen molar-refractivity contribution in [2.45, 2.75) is 25.4 Å². The summed E-state index contributed by atoms with van der Waals surface area (Å²) in [6.07, 6.45) is 1.13. The lowest BCUT2D eigenvalue weighted by atomic mass is 10.1. The summed E-state index contributed by atoms with van der Waals surface area (Å²) in [5.74, 6) is -0.295. The van der Waals surface area contributed by atoms with Crippen molar-refractivity contribution < 1.29 is 19.4 Å². The second-order valence-corrected chi connectivity index (χ2v) is 8.99. The molecule has 172 valence electrons. The maximum atomic E-state index is 12.9. The van der Waals surface area contributed by atoms with Crippen LogP contribution in [0.1, 0.15) is 28.8 Å². The number of hydrogen-bond donors (Lipinski definition) is 3. The van der Waals surface area contributed by atoms with Crippen molar-refractivity contribution in [2.24, 2.45) is 0 Å². The van der Waals surface area contributed by atoms with Gasteiger partial charge in [0.05, 0.1) is 18.0 Å². The van der Waals surface area contributed by atoms with Gasteiger partial charge in [0.1, 0.15) is 0 Å². The number of thiophene rings is 1. The van der Waals surface area contributed by atoms with Gasteiger partial charge in [0.15, 0.2) is 0 Å². The molecule has 1 unspecified atom stereocenters. The molecule has 4 rings (SSSR count). The third-order valence-corrected chi connectivity index (χ3v) is 6.69. The third kappa shape index (κ3) is 5.78. The Morgan fingerprint density at radius 3 is 2.64 bits per heavy atom. The van der Waals surface area contributed by atoms with Crippen LogP contribution >= 0.6 is 11.3 Å². The zero-order valence-electron chi connectivity index (χ0n) is 18.4. The molecule has 1 aliphatic heterocycles. The van der Waals surface area contributed by atoms with Crippen molar-refractivity contribution in [3.05, 3.63) is 71.1 Å². The number of amides is 2. The Hall–Kier alpha value is -3.20. The van der Waals surface area contributed by atoms with Gasteiger partial charge in [-0.25, -0.2) is 4.79 Å². The van der Waals surface area contributed by atoms with Crippen molar-refractivity contribution in [3.63, 3.8) is 0 Å². The van der Waals surface area contributed by atoms with Crippen LogP contribution < -0.4 is 10.6 Å². The van der Waals surface area contributed by atoms with Crippen LogP contribution in [0.5, 0.6) is 0 Å². The highest BCUT2D eigenvalue weighted by atomic mass is 32.1. The number of nitrogens with one attached hydrogen (secondary N) is 2. The van der Waals surface area contributed by atoms with E-state index < -0.39 is 6.09 Å². The van der Waals surface area contributed by atoms with Crippen molar-refractivity contribution in [3.8, 4) is 10.4 Å². The third-order valence-electron chi connectivity index (χ3n) is 5.77. The largest absolute Gasteiger partial charge is 0.465 e. The number of carbonyl (C=O) groups excluding carboxylic acids is 1. The van der Waals surface area contributed by atoms with Gasteiger partial charge in [-0.3, -0.25) is 15.0 Å². The summed E-state index contributed by atoms with van der Waals surface area (Å²) in [6.45, 7) is 2.61. The SMILES string of the molecule is COCC1CCCN1Cc1ccc(C(=O)Nc2cc(-c3cccs3)ccc2NC(=O)O)cc1. The Kier molecular flexibility index (Phi) is 7.39. The van der Waals surface area contributed by atoms with Crippen molar-refractivity contribution in [1.29, 1.82) is 0 Å². The lowest BCUT2D eigenvalue weighted by Gasteiger charge is -2.23. The number of benzene rings is 2. The minimum Gasteiger partial charge on any atom is -0.465 e. The van der Waals surface area contributed by atoms with Crippen LogP contribution in [0.25, 0.3) is 10.4 Å². The van der Waals surface area contributed by atoms with Crippen LogP contribution in [0.3, 0.4) is 0 Å². The molecule has 7 nitrogen and oxygen atoms in total. The normalized spacial score (nSPS) is 16.0. The highest BCUT2D eigenvalue weighted by Gasteiger charge is 2.24. The van der Waals surface area contributed by atoms with Crippen molar-refractivity contribution in [2.75, 3.05) is 30.9 Å². The van der Waals surface area contributed by atoms with Crippen LogP contribution in [0.4, 0.5) is 16.2 Å². The Labute approximate surface area is 197 Å². The number of carbonyl (C=O) groups is 2. The molecular weight excluding hydrogens is 438 g/mol.